The predicted molar refractivity (Wildman–Crippen MR) is 267 cm³/mol. The first-order valence-corrected chi connectivity index (χ1v) is 25.0. The Bertz CT molecular complexity index is 3080. The van der Waals surface area contributed by atoms with Gasteiger partial charge in [-0.3, -0.25) is 0 Å². The van der Waals surface area contributed by atoms with E-state index >= 15 is 0 Å². The molecule has 4 nitrogen and oxygen atoms in total. The molecule has 1 aliphatic rings. The van der Waals surface area contributed by atoms with Gasteiger partial charge in [-0.25, -0.2) is 15.0 Å². The molecule has 0 unspecified atom stereocenters. The Balaban J connectivity index is 1.01. The Kier molecular flexibility index (Phi) is 11.3. The molecule has 0 atom stereocenters. The monoisotopic (exact) mass is 847 g/mol. The molecule has 8 aromatic carbocycles. The smallest absolute Gasteiger partial charge is 0.164 e. The number of benzene rings is 8. The zero-order chi connectivity index (χ0) is 43.5. The van der Waals surface area contributed by atoms with Crippen molar-refractivity contribution in [3.05, 3.63) is 217 Å². The molecule has 0 aliphatic heterocycles. The maximum atomic E-state index is 12.6. The summed E-state index contributed by atoms with van der Waals surface area (Å²) in [6, 6.07) is 73.0. The molecule has 64 heavy (non-hydrogen) atoms. The molecule has 0 spiro atoms. The van der Waals surface area contributed by atoms with E-state index in [4.69, 9.17) is 15.0 Å². The quantitative estimate of drug-likeness (QED) is 0.129. The van der Waals surface area contributed by atoms with Crippen molar-refractivity contribution in [3.8, 4) is 78.7 Å². The van der Waals surface area contributed by atoms with E-state index in [9.17, 15) is 4.57 Å². The lowest BCUT2D eigenvalue weighted by Crippen LogP contribution is -2.30. The first kappa shape index (κ1) is 41.0. The molecule has 0 radical (unpaired) electrons. The second kappa shape index (κ2) is 17.6. The largest absolute Gasteiger partial charge is 0.319 e. The topological polar surface area (TPSA) is 55.7 Å². The molecule has 0 bridgehead atoms. The van der Waals surface area contributed by atoms with Crippen LogP contribution in [0.1, 0.15) is 43.2 Å². The van der Waals surface area contributed by atoms with Crippen molar-refractivity contribution < 1.29 is 4.57 Å². The van der Waals surface area contributed by atoms with Crippen LogP contribution in [0.15, 0.2) is 206 Å². The highest BCUT2D eigenvalue weighted by atomic mass is 31.2. The zero-order valence-corrected chi connectivity index (χ0v) is 37.3. The molecule has 312 valence electrons. The summed E-state index contributed by atoms with van der Waals surface area (Å²) in [5.41, 5.74) is 14.7. The van der Waals surface area contributed by atoms with Crippen molar-refractivity contribution in [3.63, 3.8) is 0 Å². The summed E-state index contributed by atoms with van der Waals surface area (Å²) in [7, 11) is -2.30. The van der Waals surface area contributed by atoms with Gasteiger partial charge in [0.1, 0.15) is 7.14 Å². The number of nitrogens with zero attached hydrogens (tertiary/aromatic N) is 3. The average Bonchev–Trinajstić information content (AvgIpc) is 3.37. The molecule has 1 aliphatic carbocycles. The van der Waals surface area contributed by atoms with Gasteiger partial charge in [0.2, 0.25) is 0 Å². The van der Waals surface area contributed by atoms with Crippen LogP contribution < -0.4 is 5.30 Å². The molecular formula is C59H50N3OP. The van der Waals surface area contributed by atoms with E-state index in [1.165, 1.54) is 52.6 Å². The Morgan fingerprint density at radius 1 is 0.359 bits per heavy atom. The highest BCUT2D eigenvalue weighted by molar-refractivity contribution is 7.70. The van der Waals surface area contributed by atoms with E-state index in [0.29, 0.717) is 17.5 Å². The van der Waals surface area contributed by atoms with E-state index in [-0.39, 0.29) is 5.41 Å². The Labute approximate surface area is 377 Å². The molecule has 1 fully saturated rings. The maximum Gasteiger partial charge on any atom is 0.164 e. The van der Waals surface area contributed by atoms with Crippen molar-refractivity contribution in [1.82, 2.24) is 15.0 Å². The van der Waals surface area contributed by atoms with E-state index < -0.39 is 7.14 Å². The van der Waals surface area contributed by atoms with Gasteiger partial charge in [-0.1, -0.05) is 219 Å². The van der Waals surface area contributed by atoms with E-state index in [1.807, 2.05) is 31.5 Å². The van der Waals surface area contributed by atoms with Crippen molar-refractivity contribution in [2.24, 2.45) is 0 Å². The first-order chi connectivity index (χ1) is 31.3. The van der Waals surface area contributed by atoms with Gasteiger partial charge in [0.25, 0.3) is 0 Å². The highest BCUT2D eigenvalue weighted by Gasteiger charge is 2.35. The molecule has 0 amide bonds. The molecule has 9 aromatic rings. The molecule has 0 saturated heterocycles. The van der Waals surface area contributed by atoms with Crippen LogP contribution in [-0.2, 0) is 9.98 Å². The predicted octanol–water partition coefficient (Wildman–Crippen LogP) is 15.0. The minimum Gasteiger partial charge on any atom is -0.319 e. The third-order valence-electron chi connectivity index (χ3n) is 13.0. The van der Waals surface area contributed by atoms with Gasteiger partial charge in [0.05, 0.1) is 0 Å². The Morgan fingerprint density at radius 3 is 1.27 bits per heavy atom. The summed E-state index contributed by atoms with van der Waals surface area (Å²) in [5.74, 6) is 1.91. The van der Waals surface area contributed by atoms with Gasteiger partial charge in [-0.2, -0.15) is 0 Å². The van der Waals surface area contributed by atoms with E-state index in [1.54, 1.807) is 0 Å². The van der Waals surface area contributed by atoms with Gasteiger partial charge in [0.15, 0.2) is 17.5 Å². The lowest BCUT2D eigenvalue weighted by atomic mass is 9.65. The fourth-order valence-electron chi connectivity index (χ4n) is 9.47. The maximum absolute atomic E-state index is 12.6. The van der Waals surface area contributed by atoms with Gasteiger partial charge >= 0.3 is 0 Å². The van der Waals surface area contributed by atoms with Gasteiger partial charge in [-0.05, 0) is 87.9 Å². The van der Waals surface area contributed by atoms with Crippen LogP contribution >= 0.6 is 7.14 Å². The minimum atomic E-state index is -2.30. The van der Waals surface area contributed by atoms with Crippen molar-refractivity contribution >= 4 is 12.4 Å². The normalized spacial score (nSPS) is 13.7. The second-order valence-corrected chi connectivity index (χ2v) is 20.7. The second-order valence-electron chi connectivity index (χ2n) is 17.4. The Morgan fingerprint density at radius 2 is 0.734 bits per heavy atom. The van der Waals surface area contributed by atoms with E-state index in [2.05, 4.69) is 188 Å². The van der Waals surface area contributed by atoms with Crippen LogP contribution in [-0.4, -0.2) is 28.3 Å². The molecule has 1 heterocycles. The third kappa shape index (κ3) is 8.42. The molecular weight excluding hydrogens is 798 g/mol. The summed E-state index contributed by atoms with van der Waals surface area (Å²) in [6.07, 6.45) is 5.85. The van der Waals surface area contributed by atoms with Crippen LogP contribution in [0.3, 0.4) is 0 Å². The number of hydrogen-bond acceptors (Lipinski definition) is 4. The third-order valence-corrected chi connectivity index (χ3v) is 14.5. The lowest BCUT2D eigenvalue weighted by Gasteiger charge is -2.39. The number of aromatic nitrogens is 3. The van der Waals surface area contributed by atoms with Gasteiger partial charge in [-0.15, -0.1) is 0 Å². The van der Waals surface area contributed by atoms with Crippen molar-refractivity contribution in [1.29, 1.82) is 0 Å². The van der Waals surface area contributed by atoms with Crippen LogP contribution in [0, 0.1) is 0 Å². The van der Waals surface area contributed by atoms with Crippen LogP contribution in [0.25, 0.3) is 78.7 Å². The molecule has 1 saturated carbocycles. The van der Waals surface area contributed by atoms with Crippen LogP contribution in [0.4, 0.5) is 0 Å². The summed E-state index contributed by atoms with van der Waals surface area (Å²) >= 11 is 0. The zero-order valence-electron chi connectivity index (χ0n) is 36.4. The van der Waals surface area contributed by atoms with Gasteiger partial charge < -0.3 is 4.57 Å². The minimum absolute atomic E-state index is 0.0790. The Hall–Kier alpha value is -7.00. The number of hydrogen-bond donors (Lipinski definition) is 0. The van der Waals surface area contributed by atoms with Gasteiger partial charge in [0, 0.05) is 27.4 Å². The summed E-state index contributed by atoms with van der Waals surface area (Å²) < 4.78 is 12.6. The van der Waals surface area contributed by atoms with Crippen molar-refractivity contribution in [2.75, 3.05) is 13.3 Å². The lowest BCUT2D eigenvalue weighted by molar-refractivity contribution is 0.346. The molecule has 0 N–H and O–H groups in total. The standard InChI is InChI=1S/C59H50N3OP/c1-64(2,63)53-37-31-44(32-38-53)43-27-33-51(34-28-43)59(39-12-5-13-40-59)52-35-29-48(30-36-52)57-60-56(61-58(62-57)50-20-14-19-49(41-50)42-15-6-3-7-16-42)47-25-23-46(24-26-47)55-22-11-10-21-54(55)45-17-8-4-9-18-45/h3-4,6-11,14-38,41H,5,12-13,39-40H2,1-2H3. The summed E-state index contributed by atoms with van der Waals surface area (Å²) in [6.45, 7) is 3.65. The van der Waals surface area contributed by atoms with Crippen LogP contribution in [0.2, 0.25) is 0 Å². The fourth-order valence-corrected chi connectivity index (χ4v) is 10.3. The fraction of sp³-hybridized carbons (Fsp3) is 0.136. The summed E-state index contributed by atoms with van der Waals surface area (Å²) in [5, 5.41) is 0.912. The van der Waals surface area contributed by atoms with Crippen molar-refractivity contribution in [2.45, 2.75) is 37.5 Å². The highest BCUT2D eigenvalue weighted by Crippen LogP contribution is 2.46. The average molecular weight is 848 g/mol. The van der Waals surface area contributed by atoms with E-state index in [0.717, 1.165) is 57.1 Å². The number of rotatable bonds is 10. The molecule has 10 rings (SSSR count). The SMILES string of the molecule is CP(C)(=O)c1ccc(-c2ccc(C3(c4ccc(-c5nc(-c6ccc(-c7ccccc7-c7ccccc7)cc6)nc(-c6cccc(-c7ccccc7)c6)n5)cc4)CCCCC3)cc2)cc1. The summed E-state index contributed by atoms with van der Waals surface area (Å²) in [4.78, 5) is 15.5. The van der Waals surface area contributed by atoms with Crippen LogP contribution in [0.5, 0.6) is 0 Å². The molecule has 5 heteroatoms. The molecule has 1 aromatic heterocycles. The first-order valence-electron chi connectivity index (χ1n) is 22.4.